The van der Waals surface area contributed by atoms with E-state index in [1.54, 1.807) is 34.7 Å². The third-order valence-electron chi connectivity index (χ3n) is 5.04. The van der Waals surface area contributed by atoms with Crippen LogP contribution >= 0.6 is 22.6 Å². The quantitative estimate of drug-likeness (QED) is 0.220. The Hall–Kier alpha value is -1.84. The average molecular weight is 441 g/mol. The molecule has 7 nitrogen and oxygen atoms in total. The first-order valence-corrected chi connectivity index (χ1v) is 8.79. The summed E-state index contributed by atoms with van der Waals surface area (Å²) in [6, 6.07) is 7.20. The van der Waals surface area contributed by atoms with Crippen molar-refractivity contribution >= 4 is 38.1 Å². The van der Waals surface area contributed by atoms with E-state index in [9.17, 15) is 14.8 Å². The van der Waals surface area contributed by atoms with E-state index in [1.807, 2.05) is 12.1 Å². The van der Waals surface area contributed by atoms with Crippen LogP contribution in [0.4, 0.5) is 4.79 Å². The molecule has 2 bridgehead atoms. The van der Waals surface area contributed by atoms with Crippen LogP contribution in [0.1, 0.15) is 31.2 Å². The van der Waals surface area contributed by atoms with Crippen molar-refractivity contribution < 1.29 is 19.5 Å². The van der Waals surface area contributed by atoms with Crippen molar-refractivity contribution in [2.24, 2.45) is 5.16 Å². The molecule has 1 aromatic rings. The van der Waals surface area contributed by atoms with Gasteiger partial charge in [0.25, 0.3) is 9.82 Å². The van der Waals surface area contributed by atoms with Gasteiger partial charge < -0.3 is 20.6 Å². The fourth-order valence-corrected chi connectivity index (χ4v) is 4.70. The number of nitrogens with zero attached hydrogens (tertiary/aromatic N) is 1. The summed E-state index contributed by atoms with van der Waals surface area (Å²) >= 11 is 1.73. The fourth-order valence-electron chi connectivity index (χ4n) is 4.13. The maximum Gasteiger partial charge on any atom is 0.281 e. The van der Waals surface area contributed by atoms with Crippen LogP contribution in [0.2, 0.25) is 0 Å². The topological polar surface area (TPSA) is 100 Å². The lowest BCUT2D eigenvalue weighted by Crippen LogP contribution is -2.84. The van der Waals surface area contributed by atoms with Gasteiger partial charge in [-0.1, -0.05) is 17.3 Å². The second-order valence-electron chi connectivity index (χ2n) is 6.83. The number of carbonyl (C=O) groups is 2. The number of hydrogen-bond donors (Lipinski definition) is 3. The van der Waals surface area contributed by atoms with Crippen molar-refractivity contribution in [3.63, 3.8) is 0 Å². The maximum atomic E-state index is 12.6. The van der Waals surface area contributed by atoms with Crippen LogP contribution in [-0.4, -0.2) is 37.9 Å². The molecule has 24 heavy (non-hydrogen) atoms. The Balaban J connectivity index is 1.42. The molecule has 1 atom stereocenters. The Morgan fingerprint density at radius 3 is 2.54 bits per heavy atom. The molecule has 0 spiro atoms. The van der Waals surface area contributed by atoms with Crippen LogP contribution in [0.3, 0.4) is 0 Å². The molecular weight excluding hydrogens is 425 g/mol. The van der Waals surface area contributed by atoms with Crippen molar-refractivity contribution in [2.45, 2.75) is 42.9 Å². The van der Waals surface area contributed by atoms with Gasteiger partial charge in [0.1, 0.15) is 5.75 Å². The number of benzene rings is 1. The van der Waals surface area contributed by atoms with E-state index in [2.05, 4.69) is 15.8 Å². The third kappa shape index (κ3) is 2.43. The van der Waals surface area contributed by atoms with Gasteiger partial charge in [-0.05, 0) is 31.4 Å². The Morgan fingerprint density at radius 2 is 1.88 bits per heavy atom. The molecular formula is C16H16IN3O4. The highest BCUT2D eigenvalue weighted by Gasteiger charge is 2.69. The summed E-state index contributed by atoms with van der Waals surface area (Å²) in [5.74, 6) is 0.336. The van der Waals surface area contributed by atoms with Gasteiger partial charge in [0.05, 0.1) is 5.71 Å². The first kappa shape index (κ1) is 15.7. The van der Waals surface area contributed by atoms with Gasteiger partial charge in [0.15, 0.2) is 6.10 Å². The SMILES string of the molecule is O=C(I)NC12CC(NC(=O)C3C/C(=N/O)c4ccccc4O3)(C1)C2. The van der Waals surface area contributed by atoms with Crippen LogP contribution in [0, 0.1) is 0 Å². The smallest absolute Gasteiger partial charge is 0.281 e. The van der Waals surface area contributed by atoms with Crippen molar-refractivity contribution in [3.05, 3.63) is 29.8 Å². The molecule has 3 aliphatic carbocycles. The number of carbonyl (C=O) groups excluding carboxylic acids is 2. The lowest BCUT2D eigenvalue weighted by molar-refractivity contribution is -0.145. The lowest BCUT2D eigenvalue weighted by atomic mass is 9.44. The number of amides is 2. The minimum atomic E-state index is -0.713. The molecule has 0 aromatic heterocycles. The molecule has 8 heteroatoms. The molecule has 1 aromatic carbocycles. The predicted octanol–water partition coefficient (Wildman–Crippen LogP) is 1.95. The molecule has 3 N–H and O–H groups in total. The number of ether oxygens (including phenoxy) is 1. The first-order chi connectivity index (χ1) is 11.4. The largest absolute Gasteiger partial charge is 0.479 e. The van der Waals surface area contributed by atoms with Crippen molar-refractivity contribution in [2.75, 3.05) is 0 Å². The van der Waals surface area contributed by atoms with E-state index < -0.39 is 6.10 Å². The lowest BCUT2D eigenvalue weighted by Gasteiger charge is -2.70. The van der Waals surface area contributed by atoms with E-state index in [4.69, 9.17) is 4.74 Å². The molecule has 5 rings (SSSR count). The second kappa shape index (κ2) is 5.33. The Morgan fingerprint density at radius 1 is 1.21 bits per heavy atom. The summed E-state index contributed by atoms with van der Waals surface area (Å²) in [4.78, 5) is 23.7. The average Bonchev–Trinajstić information content (AvgIpc) is 2.50. The van der Waals surface area contributed by atoms with E-state index in [0.717, 1.165) is 19.3 Å². The number of nitrogens with one attached hydrogen (secondary N) is 2. The van der Waals surface area contributed by atoms with Gasteiger partial charge in [0, 0.05) is 45.7 Å². The highest BCUT2D eigenvalue weighted by atomic mass is 127. The van der Waals surface area contributed by atoms with Crippen LogP contribution in [-0.2, 0) is 4.79 Å². The zero-order valence-corrected chi connectivity index (χ0v) is 14.9. The Bertz CT molecular complexity index is 744. The van der Waals surface area contributed by atoms with Crippen LogP contribution in [0.5, 0.6) is 5.75 Å². The predicted molar refractivity (Wildman–Crippen MR) is 93.8 cm³/mol. The minimum Gasteiger partial charge on any atom is -0.479 e. The summed E-state index contributed by atoms with van der Waals surface area (Å²) < 4.78 is 5.71. The molecule has 0 saturated heterocycles. The number of fused-ring (bicyclic) bond motifs is 1. The van der Waals surface area contributed by atoms with Crippen molar-refractivity contribution in [1.82, 2.24) is 10.6 Å². The van der Waals surface area contributed by atoms with Gasteiger partial charge in [-0.25, -0.2) is 0 Å². The maximum absolute atomic E-state index is 12.6. The summed E-state index contributed by atoms with van der Waals surface area (Å²) in [7, 11) is 0. The summed E-state index contributed by atoms with van der Waals surface area (Å²) in [5, 5.41) is 18.5. The van der Waals surface area contributed by atoms with Crippen LogP contribution < -0.4 is 15.4 Å². The summed E-state index contributed by atoms with van der Waals surface area (Å²) in [5.41, 5.74) is 0.789. The standard InChI is InChI=1S/C16H16IN3O4/c17-14(22)19-16-6-15(7-16,8-16)18-13(21)12-5-10(20-23)9-3-1-2-4-11(9)24-12/h1-4,12,23H,5-8H2,(H,18,21)(H,19,22)/b20-10-. The highest BCUT2D eigenvalue weighted by molar-refractivity contribution is 14.1. The number of halogens is 1. The van der Waals surface area contributed by atoms with Gasteiger partial charge in [0.2, 0.25) is 0 Å². The normalized spacial score (nSPS) is 34.2. The van der Waals surface area contributed by atoms with E-state index >= 15 is 0 Å². The Labute approximate surface area is 152 Å². The van der Waals surface area contributed by atoms with E-state index in [1.165, 1.54) is 0 Å². The molecule has 3 fully saturated rings. The molecule has 4 aliphatic rings. The fraction of sp³-hybridized carbons (Fsp3) is 0.438. The van der Waals surface area contributed by atoms with Crippen molar-refractivity contribution in [1.29, 1.82) is 0 Å². The second-order valence-corrected chi connectivity index (χ2v) is 7.81. The molecule has 1 heterocycles. The molecule has 0 radical (unpaired) electrons. The molecule has 1 unspecified atom stereocenters. The number of hydrogen-bond acceptors (Lipinski definition) is 5. The number of oxime groups is 1. The summed E-state index contributed by atoms with van der Waals surface area (Å²) in [6.07, 6.45) is 1.78. The molecule has 1 aliphatic heterocycles. The van der Waals surface area contributed by atoms with E-state index in [-0.39, 0.29) is 27.3 Å². The van der Waals surface area contributed by atoms with E-state index in [0.29, 0.717) is 17.0 Å². The first-order valence-electron chi connectivity index (χ1n) is 7.71. The highest BCUT2D eigenvalue weighted by Crippen LogP contribution is 2.60. The molecule has 126 valence electrons. The third-order valence-corrected chi connectivity index (χ3v) is 5.31. The van der Waals surface area contributed by atoms with Gasteiger partial charge in [-0.2, -0.15) is 0 Å². The monoisotopic (exact) mass is 441 g/mol. The molecule has 2 amide bonds. The number of para-hydroxylation sites is 1. The minimum absolute atomic E-state index is 0.0664. The van der Waals surface area contributed by atoms with Crippen LogP contribution in [0.15, 0.2) is 29.4 Å². The zero-order valence-electron chi connectivity index (χ0n) is 12.7. The number of rotatable bonds is 3. The van der Waals surface area contributed by atoms with Gasteiger partial charge >= 0.3 is 0 Å². The Kier molecular flexibility index (Phi) is 3.48. The zero-order chi connectivity index (χ0) is 16.9. The molecule has 3 saturated carbocycles. The van der Waals surface area contributed by atoms with Gasteiger partial charge in [-0.3, -0.25) is 9.59 Å². The summed E-state index contributed by atoms with van der Waals surface area (Å²) in [6.45, 7) is 0. The van der Waals surface area contributed by atoms with Crippen molar-refractivity contribution in [3.8, 4) is 5.75 Å². The van der Waals surface area contributed by atoms with Crippen LogP contribution in [0.25, 0.3) is 0 Å². The van der Waals surface area contributed by atoms with Gasteiger partial charge in [-0.15, -0.1) is 0 Å².